The van der Waals surface area contributed by atoms with E-state index < -0.39 is 29.2 Å². The van der Waals surface area contributed by atoms with Crippen molar-refractivity contribution >= 4 is 21.5 Å². The van der Waals surface area contributed by atoms with E-state index in [0.29, 0.717) is 13.2 Å². The van der Waals surface area contributed by atoms with E-state index in [9.17, 15) is 19.8 Å². The molecule has 142 valence electrons. The second kappa shape index (κ2) is 10.7. The lowest BCUT2D eigenvalue weighted by Gasteiger charge is -2.33. The monoisotopic (exact) mass is 370 g/mol. The van der Waals surface area contributed by atoms with Crippen molar-refractivity contribution in [1.29, 1.82) is 0 Å². The van der Waals surface area contributed by atoms with Crippen LogP contribution in [-0.4, -0.2) is 50.3 Å². The average molecular weight is 371 g/mol. The summed E-state index contributed by atoms with van der Waals surface area (Å²) in [6.45, 7) is 7.28. The number of carboxylic acid groups (broad SMARTS) is 2. The van der Waals surface area contributed by atoms with E-state index >= 15 is 0 Å². The molecular weight excluding hydrogens is 340 g/mol. The molecule has 7 heteroatoms. The van der Waals surface area contributed by atoms with Gasteiger partial charge in [-0.05, 0) is 32.6 Å². The van der Waals surface area contributed by atoms with Gasteiger partial charge in [-0.1, -0.05) is 38.0 Å². The highest BCUT2D eigenvalue weighted by Crippen LogP contribution is 2.32. The maximum Gasteiger partial charge on any atom is 0.307 e. The first-order valence-electron chi connectivity index (χ1n) is 9.03. The van der Waals surface area contributed by atoms with Crippen molar-refractivity contribution in [2.45, 2.75) is 64.7 Å². The van der Waals surface area contributed by atoms with Gasteiger partial charge in [0.25, 0.3) is 0 Å². The standard InChI is InChI=1S/C18H30O6Si/c1-4-6-10-23-18(3,24-11-7-5-2)25-13-8-9-14(16(19)20)15(12-13)17(21)22/h8,14-15H,4-7,9-12H2,1-3H3,(H,19,20)(H,21,22). The van der Waals surface area contributed by atoms with E-state index in [1.54, 1.807) is 0 Å². The van der Waals surface area contributed by atoms with E-state index in [4.69, 9.17) is 9.47 Å². The molecule has 0 fully saturated rings. The van der Waals surface area contributed by atoms with Crippen LogP contribution in [0.3, 0.4) is 0 Å². The van der Waals surface area contributed by atoms with Crippen LogP contribution in [0, 0.1) is 11.8 Å². The van der Waals surface area contributed by atoms with Crippen LogP contribution in [0.25, 0.3) is 0 Å². The lowest BCUT2D eigenvalue weighted by atomic mass is 9.83. The third-order valence-corrected chi connectivity index (χ3v) is 5.79. The van der Waals surface area contributed by atoms with E-state index in [1.165, 1.54) is 0 Å². The number of rotatable bonds is 12. The number of carbonyl (C=O) groups is 2. The molecule has 25 heavy (non-hydrogen) atoms. The van der Waals surface area contributed by atoms with Crippen LogP contribution in [-0.2, 0) is 19.1 Å². The van der Waals surface area contributed by atoms with Crippen molar-refractivity contribution in [3.8, 4) is 0 Å². The van der Waals surface area contributed by atoms with Gasteiger partial charge in [0.1, 0.15) is 5.41 Å². The Balaban J connectivity index is 2.80. The van der Waals surface area contributed by atoms with Crippen LogP contribution in [0.4, 0.5) is 0 Å². The minimum Gasteiger partial charge on any atom is -0.481 e. The Morgan fingerprint density at radius 1 is 1.12 bits per heavy atom. The summed E-state index contributed by atoms with van der Waals surface area (Å²) in [7, 11) is 0.170. The maximum atomic E-state index is 11.5. The molecule has 0 saturated carbocycles. The summed E-state index contributed by atoms with van der Waals surface area (Å²) >= 11 is 0. The summed E-state index contributed by atoms with van der Waals surface area (Å²) in [5.41, 5.74) is -0.769. The van der Waals surface area contributed by atoms with Crippen molar-refractivity contribution in [2.75, 3.05) is 13.2 Å². The molecule has 1 aliphatic rings. The quantitative estimate of drug-likeness (QED) is 0.311. The zero-order chi connectivity index (χ0) is 18.9. The first-order chi connectivity index (χ1) is 11.8. The molecule has 2 atom stereocenters. The molecule has 0 bridgehead atoms. The van der Waals surface area contributed by atoms with Crippen LogP contribution in [0.1, 0.15) is 59.3 Å². The van der Waals surface area contributed by atoms with E-state index in [-0.39, 0.29) is 22.4 Å². The molecule has 0 aliphatic heterocycles. The molecular formula is C18H30O6Si. The molecule has 2 radical (unpaired) electrons. The lowest BCUT2D eigenvalue weighted by Crippen LogP contribution is -2.43. The predicted octanol–water partition coefficient (Wildman–Crippen LogP) is 3.08. The molecule has 1 rings (SSSR count). The lowest BCUT2D eigenvalue weighted by molar-refractivity contribution is -0.169. The van der Waals surface area contributed by atoms with Crippen molar-refractivity contribution in [2.24, 2.45) is 11.8 Å². The van der Waals surface area contributed by atoms with Gasteiger partial charge in [-0.3, -0.25) is 9.59 Å². The second-order valence-corrected chi connectivity index (χ2v) is 8.33. The van der Waals surface area contributed by atoms with Crippen LogP contribution < -0.4 is 0 Å². The Bertz CT molecular complexity index is 466. The number of hydrogen-bond acceptors (Lipinski definition) is 4. The molecule has 6 nitrogen and oxygen atoms in total. The zero-order valence-corrected chi connectivity index (χ0v) is 16.4. The first kappa shape index (κ1) is 21.9. The fourth-order valence-corrected chi connectivity index (χ4v) is 4.23. The number of ether oxygens (including phenoxy) is 2. The van der Waals surface area contributed by atoms with Gasteiger partial charge >= 0.3 is 11.9 Å². The topological polar surface area (TPSA) is 93.1 Å². The van der Waals surface area contributed by atoms with Gasteiger partial charge in [-0.15, -0.1) is 0 Å². The summed E-state index contributed by atoms with van der Waals surface area (Å²) < 4.78 is 11.9. The normalized spacial score (nSPS) is 21.0. The third kappa shape index (κ3) is 7.29. The number of unbranched alkanes of at least 4 members (excludes halogenated alkanes) is 2. The molecule has 0 saturated heterocycles. The molecule has 0 aromatic rings. The molecule has 2 N–H and O–H groups in total. The highest BCUT2D eigenvalue weighted by molar-refractivity contribution is 6.48. The molecule has 0 heterocycles. The van der Waals surface area contributed by atoms with Gasteiger partial charge in [0, 0.05) is 13.2 Å². The molecule has 0 aromatic heterocycles. The van der Waals surface area contributed by atoms with Crippen LogP contribution >= 0.6 is 0 Å². The summed E-state index contributed by atoms with van der Waals surface area (Å²) in [6, 6.07) is 0. The highest BCUT2D eigenvalue weighted by Gasteiger charge is 2.38. The number of hydrogen-bond donors (Lipinski definition) is 2. The summed E-state index contributed by atoms with van der Waals surface area (Å²) in [6.07, 6.45) is 6.28. The number of carboxylic acids is 2. The summed E-state index contributed by atoms with van der Waals surface area (Å²) in [5.74, 6) is -3.85. The molecule has 0 spiro atoms. The molecule has 0 aromatic carbocycles. The number of aliphatic carboxylic acids is 2. The van der Waals surface area contributed by atoms with Crippen molar-refractivity contribution in [1.82, 2.24) is 0 Å². The van der Waals surface area contributed by atoms with Gasteiger partial charge in [0.2, 0.25) is 0 Å². The van der Waals surface area contributed by atoms with Crippen LogP contribution in [0.15, 0.2) is 11.3 Å². The smallest absolute Gasteiger partial charge is 0.307 e. The largest absolute Gasteiger partial charge is 0.481 e. The van der Waals surface area contributed by atoms with E-state index in [1.807, 2.05) is 13.0 Å². The van der Waals surface area contributed by atoms with Crippen molar-refractivity contribution in [3.63, 3.8) is 0 Å². The third-order valence-electron chi connectivity index (χ3n) is 4.32. The molecule has 2 unspecified atom stereocenters. The fourth-order valence-electron chi connectivity index (χ4n) is 2.76. The van der Waals surface area contributed by atoms with Gasteiger partial charge in [-0.2, -0.15) is 0 Å². The van der Waals surface area contributed by atoms with Crippen molar-refractivity contribution in [3.05, 3.63) is 11.3 Å². The Labute approximate surface area is 152 Å². The van der Waals surface area contributed by atoms with E-state index in [0.717, 1.165) is 30.9 Å². The van der Waals surface area contributed by atoms with Gasteiger partial charge in [0.05, 0.1) is 11.8 Å². The van der Waals surface area contributed by atoms with Gasteiger partial charge in [0.15, 0.2) is 9.52 Å². The Morgan fingerprint density at radius 2 is 1.64 bits per heavy atom. The van der Waals surface area contributed by atoms with Gasteiger partial charge in [-0.25, -0.2) is 0 Å². The zero-order valence-electron chi connectivity index (χ0n) is 15.4. The second-order valence-electron chi connectivity index (χ2n) is 6.53. The van der Waals surface area contributed by atoms with Crippen molar-refractivity contribution < 1.29 is 29.3 Å². The maximum absolute atomic E-state index is 11.5. The summed E-state index contributed by atoms with van der Waals surface area (Å²) in [5, 5.41) is 19.5. The Kier molecular flexibility index (Phi) is 9.38. The number of allylic oxidation sites excluding steroid dienone is 2. The molecule has 0 amide bonds. The SMILES string of the molecule is CCCCOC(C)(OCCCC)[Si]C1=CCC(C(=O)O)C(C(=O)O)C1. The van der Waals surface area contributed by atoms with Crippen LogP contribution in [0.5, 0.6) is 0 Å². The summed E-state index contributed by atoms with van der Waals surface area (Å²) in [4.78, 5) is 22.7. The van der Waals surface area contributed by atoms with Gasteiger partial charge < -0.3 is 19.7 Å². The molecule has 1 aliphatic carbocycles. The fraction of sp³-hybridized carbons (Fsp3) is 0.778. The average Bonchev–Trinajstić information content (AvgIpc) is 2.55. The Morgan fingerprint density at radius 3 is 2.08 bits per heavy atom. The first-order valence-corrected chi connectivity index (χ1v) is 10.0. The van der Waals surface area contributed by atoms with E-state index in [2.05, 4.69) is 13.8 Å². The predicted molar refractivity (Wildman–Crippen MR) is 95.4 cm³/mol. The minimum absolute atomic E-state index is 0.170. The minimum atomic E-state index is -1.05. The van der Waals surface area contributed by atoms with Crippen LogP contribution in [0.2, 0.25) is 0 Å². The Hall–Kier alpha value is -1.18. The highest BCUT2D eigenvalue weighted by atomic mass is 28.2.